The van der Waals surface area contributed by atoms with E-state index in [9.17, 15) is 19.2 Å². The zero-order valence-corrected chi connectivity index (χ0v) is 30.0. The molecule has 3 atom stereocenters. The average Bonchev–Trinajstić information content (AvgIpc) is 3.84. The van der Waals surface area contributed by atoms with Crippen LogP contribution in [0.15, 0.2) is 91.0 Å². The number of amides is 4. The lowest BCUT2D eigenvalue weighted by atomic mass is 9.67. The zero-order valence-electron chi connectivity index (χ0n) is 30.0. The van der Waals surface area contributed by atoms with Crippen LogP contribution in [0.25, 0.3) is 0 Å². The van der Waals surface area contributed by atoms with Gasteiger partial charge in [0.15, 0.2) is 0 Å². The molecule has 6 rings (SSSR count). The Hall–Kier alpha value is -4.66. The van der Waals surface area contributed by atoms with Crippen molar-refractivity contribution in [3.05, 3.63) is 121 Å². The Bertz CT molecular complexity index is 1560. The molecule has 3 heterocycles. The molecule has 9 heteroatoms. The fraction of sp³-hybridized carbons (Fsp3) is 0.429. The van der Waals surface area contributed by atoms with Gasteiger partial charge in [-0.2, -0.15) is 0 Å². The normalized spacial score (nSPS) is 21.0. The average molecular weight is 691 g/mol. The van der Waals surface area contributed by atoms with E-state index in [-0.39, 0.29) is 36.2 Å². The van der Waals surface area contributed by atoms with E-state index < -0.39 is 23.1 Å². The van der Waals surface area contributed by atoms with Crippen molar-refractivity contribution < 1.29 is 23.9 Å². The molecule has 0 bridgehead atoms. The molecular formula is C42H50N4O5. The third kappa shape index (κ3) is 8.13. The summed E-state index contributed by atoms with van der Waals surface area (Å²) in [6, 6.07) is 28.9. The molecule has 3 aliphatic rings. The Morgan fingerprint density at radius 2 is 1.33 bits per heavy atom. The van der Waals surface area contributed by atoms with Crippen molar-refractivity contribution in [1.82, 2.24) is 20.0 Å². The summed E-state index contributed by atoms with van der Waals surface area (Å²) in [4.78, 5) is 60.1. The summed E-state index contributed by atoms with van der Waals surface area (Å²) in [5, 5.41) is 3.09. The summed E-state index contributed by atoms with van der Waals surface area (Å²) in [6.07, 6.45) is 6.49. The standard InChI is InChI=1S/C42H50N4O5/c1-41(2,3)51-40(50)44-25-13-16-31(30-44)29-43-38(48)35-23-14-27-46(35)39(49)36-24-15-26-45(36)37(47)28-42(32-17-7-4-8-18-32,33-19-9-5-10-20-33)34-21-11-6-12-22-34/h4-12,15,17-22,24,31,35-36H,13-14,16,23,25-30H2,1-3H3,(H,43,48)/t31-,35-,36+/m1/s1. The highest BCUT2D eigenvalue weighted by Gasteiger charge is 2.45. The first-order valence-electron chi connectivity index (χ1n) is 18.3. The molecule has 0 unspecified atom stereocenters. The van der Waals surface area contributed by atoms with Crippen LogP contribution in [-0.4, -0.2) is 88.9 Å². The maximum atomic E-state index is 14.6. The summed E-state index contributed by atoms with van der Waals surface area (Å²) in [5.74, 6) is -0.452. The number of carbonyl (C=O) groups is 4. The van der Waals surface area contributed by atoms with E-state index in [1.807, 2.05) is 81.8 Å². The highest BCUT2D eigenvalue weighted by atomic mass is 16.6. The van der Waals surface area contributed by atoms with Gasteiger partial charge in [-0.3, -0.25) is 14.4 Å². The Morgan fingerprint density at radius 1 is 0.765 bits per heavy atom. The summed E-state index contributed by atoms with van der Waals surface area (Å²) >= 11 is 0. The SMILES string of the molecule is CC(C)(C)OC(=O)N1CCC[C@H](CNC(=O)[C@H]2CCCN2C(=O)[C@@H]2[CH][CH]CN2C(=O)CC(c2ccccc2)(c2ccccc2)c2ccccc2)C1. The van der Waals surface area contributed by atoms with Gasteiger partial charge in [0.2, 0.25) is 17.7 Å². The van der Waals surface area contributed by atoms with E-state index in [0.29, 0.717) is 45.6 Å². The monoisotopic (exact) mass is 690 g/mol. The quantitative estimate of drug-likeness (QED) is 0.287. The lowest BCUT2D eigenvalue weighted by molar-refractivity contribution is -0.146. The Balaban J connectivity index is 1.16. The Morgan fingerprint density at radius 3 is 1.90 bits per heavy atom. The van der Waals surface area contributed by atoms with Gasteiger partial charge in [-0.15, -0.1) is 0 Å². The maximum Gasteiger partial charge on any atom is 0.410 e. The highest BCUT2D eigenvalue weighted by Crippen LogP contribution is 2.43. The van der Waals surface area contributed by atoms with Crippen LogP contribution in [-0.2, 0) is 24.5 Å². The Labute approximate surface area is 302 Å². The van der Waals surface area contributed by atoms with Gasteiger partial charge in [-0.25, -0.2) is 4.79 Å². The number of likely N-dealkylation sites (tertiary alicyclic amines) is 3. The molecule has 4 amide bonds. The van der Waals surface area contributed by atoms with E-state index in [0.717, 1.165) is 29.5 Å². The molecule has 3 aromatic carbocycles. The minimum Gasteiger partial charge on any atom is -0.444 e. The van der Waals surface area contributed by atoms with Gasteiger partial charge in [-0.05, 0) is 81.9 Å². The van der Waals surface area contributed by atoms with Crippen LogP contribution in [0.1, 0.15) is 69.6 Å². The molecule has 3 aliphatic heterocycles. The smallest absolute Gasteiger partial charge is 0.410 e. The van der Waals surface area contributed by atoms with Gasteiger partial charge < -0.3 is 24.8 Å². The third-order valence-corrected chi connectivity index (χ3v) is 10.3. The van der Waals surface area contributed by atoms with E-state index in [2.05, 4.69) is 41.7 Å². The highest BCUT2D eigenvalue weighted by molar-refractivity contribution is 5.94. The molecule has 0 aliphatic carbocycles. The zero-order chi connectivity index (χ0) is 36.0. The van der Waals surface area contributed by atoms with E-state index >= 15 is 0 Å². The number of nitrogens with zero attached hydrogens (tertiary/aromatic N) is 3. The van der Waals surface area contributed by atoms with Crippen molar-refractivity contribution in [2.45, 2.75) is 76.0 Å². The van der Waals surface area contributed by atoms with Crippen LogP contribution in [0, 0.1) is 18.8 Å². The van der Waals surface area contributed by atoms with E-state index in [4.69, 9.17) is 4.74 Å². The molecule has 2 radical (unpaired) electrons. The van der Waals surface area contributed by atoms with Crippen LogP contribution in [0.5, 0.6) is 0 Å². The number of hydrogen-bond donors (Lipinski definition) is 1. The number of nitrogens with one attached hydrogen (secondary N) is 1. The molecule has 0 spiro atoms. The van der Waals surface area contributed by atoms with Gasteiger partial charge >= 0.3 is 6.09 Å². The second-order valence-corrected chi connectivity index (χ2v) is 15.0. The number of ether oxygens (including phenoxy) is 1. The number of benzene rings is 3. The number of hydrogen-bond acceptors (Lipinski definition) is 5. The summed E-state index contributed by atoms with van der Waals surface area (Å²) < 4.78 is 5.56. The van der Waals surface area contributed by atoms with Crippen LogP contribution < -0.4 is 5.32 Å². The lowest BCUT2D eigenvalue weighted by Gasteiger charge is -2.38. The first kappa shape index (κ1) is 36.1. The van der Waals surface area contributed by atoms with Crippen LogP contribution >= 0.6 is 0 Å². The van der Waals surface area contributed by atoms with Crippen LogP contribution in [0.3, 0.4) is 0 Å². The fourth-order valence-corrected chi connectivity index (χ4v) is 7.86. The molecule has 0 saturated carbocycles. The first-order chi connectivity index (χ1) is 24.6. The molecule has 1 N–H and O–H groups in total. The number of piperidine rings is 1. The molecule has 3 fully saturated rings. The van der Waals surface area contributed by atoms with Gasteiger partial charge in [0.05, 0.1) is 5.41 Å². The third-order valence-electron chi connectivity index (χ3n) is 10.3. The van der Waals surface area contributed by atoms with Crippen molar-refractivity contribution >= 4 is 23.8 Å². The van der Waals surface area contributed by atoms with Crippen molar-refractivity contribution in [2.75, 3.05) is 32.7 Å². The topological polar surface area (TPSA) is 99.3 Å². The second kappa shape index (κ2) is 15.7. The van der Waals surface area contributed by atoms with Gasteiger partial charge in [0.1, 0.15) is 17.7 Å². The molecule has 3 aromatic rings. The summed E-state index contributed by atoms with van der Waals surface area (Å²) in [6.45, 7) is 7.91. The predicted molar refractivity (Wildman–Crippen MR) is 196 cm³/mol. The van der Waals surface area contributed by atoms with E-state index in [1.54, 1.807) is 21.1 Å². The van der Waals surface area contributed by atoms with Crippen LogP contribution in [0.2, 0.25) is 0 Å². The number of carbonyl (C=O) groups excluding carboxylic acids is 4. The molecule has 268 valence electrons. The minimum atomic E-state index is -0.786. The van der Waals surface area contributed by atoms with Crippen molar-refractivity contribution in [3.63, 3.8) is 0 Å². The molecule has 9 nitrogen and oxygen atoms in total. The van der Waals surface area contributed by atoms with Crippen molar-refractivity contribution in [1.29, 1.82) is 0 Å². The van der Waals surface area contributed by atoms with Crippen LogP contribution in [0.4, 0.5) is 4.79 Å². The predicted octanol–water partition coefficient (Wildman–Crippen LogP) is 5.78. The second-order valence-electron chi connectivity index (χ2n) is 15.0. The molecular weight excluding hydrogens is 640 g/mol. The fourth-order valence-electron chi connectivity index (χ4n) is 7.86. The molecule has 51 heavy (non-hydrogen) atoms. The number of rotatable bonds is 9. The maximum absolute atomic E-state index is 14.6. The van der Waals surface area contributed by atoms with Crippen molar-refractivity contribution in [2.24, 2.45) is 5.92 Å². The molecule has 0 aromatic heterocycles. The minimum absolute atomic E-state index is 0.103. The van der Waals surface area contributed by atoms with Crippen molar-refractivity contribution in [3.8, 4) is 0 Å². The molecule has 3 saturated heterocycles. The summed E-state index contributed by atoms with van der Waals surface area (Å²) in [7, 11) is 0. The first-order valence-corrected chi connectivity index (χ1v) is 18.3. The summed E-state index contributed by atoms with van der Waals surface area (Å²) in [5.41, 5.74) is 1.63. The largest absolute Gasteiger partial charge is 0.444 e. The Kier molecular flexibility index (Phi) is 11.1. The van der Waals surface area contributed by atoms with Gasteiger partial charge in [-0.1, -0.05) is 91.0 Å². The lowest BCUT2D eigenvalue weighted by Crippen LogP contribution is -2.54. The van der Waals surface area contributed by atoms with Gasteiger partial charge in [0, 0.05) is 39.1 Å². The van der Waals surface area contributed by atoms with Gasteiger partial charge in [0.25, 0.3) is 0 Å². The van der Waals surface area contributed by atoms with E-state index in [1.165, 1.54) is 0 Å².